The van der Waals surface area contributed by atoms with Crippen molar-refractivity contribution in [3.63, 3.8) is 0 Å². The van der Waals surface area contributed by atoms with Crippen LogP contribution in [0.3, 0.4) is 0 Å². The van der Waals surface area contributed by atoms with Crippen LogP contribution in [-0.4, -0.2) is 27.0 Å². The minimum atomic E-state index is -0.159. The van der Waals surface area contributed by atoms with Crippen LogP contribution in [0.4, 0.5) is 5.82 Å². The van der Waals surface area contributed by atoms with E-state index in [0.717, 1.165) is 5.56 Å². The van der Waals surface area contributed by atoms with Crippen molar-refractivity contribution in [2.45, 2.75) is 18.6 Å². The number of hydrogen-bond donors (Lipinski definition) is 1. The van der Waals surface area contributed by atoms with E-state index in [1.807, 2.05) is 0 Å². The molecule has 124 valence electrons. The topological polar surface area (TPSA) is 94.1 Å². The van der Waals surface area contributed by atoms with Crippen LogP contribution in [0.1, 0.15) is 12.2 Å². The number of nitrogens with one attached hydrogen (secondary N) is 1. The predicted molar refractivity (Wildman–Crippen MR) is 90.0 cm³/mol. The van der Waals surface area contributed by atoms with Gasteiger partial charge in [-0.15, -0.1) is 10.2 Å². The van der Waals surface area contributed by atoms with E-state index in [9.17, 15) is 4.79 Å². The Morgan fingerprint density at radius 3 is 2.79 bits per heavy atom. The monoisotopic (exact) mass is 364 g/mol. The van der Waals surface area contributed by atoms with Gasteiger partial charge < -0.3 is 14.3 Å². The first-order valence-electron chi connectivity index (χ1n) is 7.05. The van der Waals surface area contributed by atoms with Gasteiger partial charge in [0.15, 0.2) is 5.82 Å². The summed E-state index contributed by atoms with van der Waals surface area (Å²) in [7, 11) is 0. The van der Waals surface area contributed by atoms with Gasteiger partial charge in [0.25, 0.3) is 5.22 Å². The number of amides is 1. The van der Waals surface area contributed by atoms with Crippen LogP contribution in [0.2, 0.25) is 5.02 Å². The van der Waals surface area contributed by atoms with E-state index in [2.05, 4.69) is 20.7 Å². The third kappa shape index (κ3) is 4.36. The maximum absolute atomic E-state index is 11.8. The Balaban J connectivity index is 1.48. The number of anilines is 1. The molecule has 0 aliphatic heterocycles. The van der Waals surface area contributed by atoms with E-state index in [1.165, 1.54) is 11.8 Å². The predicted octanol–water partition coefficient (Wildman–Crippen LogP) is 3.81. The number of benzene rings is 1. The summed E-state index contributed by atoms with van der Waals surface area (Å²) in [6.07, 6.45) is 0.287. The van der Waals surface area contributed by atoms with Crippen LogP contribution < -0.4 is 5.32 Å². The molecule has 0 aliphatic rings. The highest BCUT2D eigenvalue weighted by atomic mass is 35.5. The first kappa shape index (κ1) is 16.5. The lowest BCUT2D eigenvalue weighted by molar-refractivity contribution is -0.115. The maximum Gasteiger partial charge on any atom is 0.276 e. The molecule has 7 nitrogen and oxygen atoms in total. The highest BCUT2D eigenvalue weighted by molar-refractivity contribution is 7.99. The van der Waals surface area contributed by atoms with E-state index in [1.54, 1.807) is 37.3 Å². The van der Waals surface area contributed by atoms with Crippen molar-refractivity contribution < 1.29 is 13.7 Å². The number of carbonyl (C=O) groups excluding carboxylic acids is 1. The smallest absolute Gasteiger partial charge is 0.276 e. The average molecular weight is 365 g/mol. The van der Waals surface area contributed by atoms with Gasteiger partial charge in [0, 0.05) is 28.8 Å². The Hall–Kier alpha value is -2.32. The Kier molecular flexibility index (Phi) is 5.17. The summed E-state index contributed by atoms with van der Waals surface area (Å²) in [5, 5.41) is 15.3. The molecule has 0 unspecified atom stereocenters. The van der Waals surface area contributed by atoms with Gasteiger partial charge in [-0.2, -0.15) is 0 Å². The molecule has 2 aromatic heterocycles. The molecule has 24 heavy (non-hydrogen) atoms. The zero-order chi connectivity index (χ0) is 16.9. The molecule has 0 fully saturated rings. The van der Waals surface area contributed by atoms with Crippen molar-refractivity contribution >= 4 is 35.1 Å². The third-order valence-corrected chi connectivity index (χ3v) is 4.02. The quantitative estimate of drug-likeness (QED) is 0.664. The normalized spacial score (nSPS) is 10.8. The third-order valence-electron chi connectivity index (χ3n) is 2.95. The zero-order valence-electron chi connectivity index (χ0n) is 12.7. The molecule has 0 saturated carbocycles. The maximum atomic E-state index is 11.8. The number of nitrogens with zero attached hydrogens (tertiary/aromatic N) is 3. The molecule has 2 heterocycles. The number of hydrogen-bond acceptors (Lipinski definition) is 7. The summed E-state index contributed by atoms with van der Waals surface area (Å²) < 4.78 is 10.4. The molecule has 3 rings (SSSR count). The highest BCUT2D eigenvalue weighted by Crippen LogP contribution is 2.24. The molecule has 0 saturated heterocycles. The van der Waals surface area contributed by atoms with Gasteiger partial charge in [0.05, 0.1) is 0 Å². The SMILES string of the molecule is Cc1cc(NC(=O)CCSc2nnc(-c3ccc(Cl)cc3)o2)no1. The number of rotatable bonds is 6. The first-order valence-corrected chi connectivity index (χ1v) is 8.42. The number of aromatic nitrogens is 3. The van der Waals surface area contributed by atoms with Crippen LogP contribution in [0, 0.1) is 6.92 Å². The van der Waals surface area contributed by atoms with Crippen molar-refractivity contribution in [2.75, 3.05) is 11.1 Å². The first-order chi connectivity index (χ1) is 11.6. The van der Waals surface area contributed by atoms with Gasteiger partial charge >= 0.3 is 0 Å². The minimum absolute atomic E-state index is 0.159. The number of thioether (sulfide) groups is 1. The molecule has 3 aromatic rings. The molecule has 9 heteroatoms. The second-order valence-corrected chi connectivity index (χ2v) is 6.33. The van der Waals surface area contributed by atoms with Crippen LogP contribution in [-0.2, 0) is 4.79 Å². The fourth-order valence-electron chi connectivity index (χ4n) is 1.84. The molecule has 0 atom stereocenters. The van der Waals surface area contributed by atoms with Crippen LogP contribution in [0.5, 0.6) is 0 Å². The van der Waals surface area contributed by atoms with Gasteiger partial charge in [-0.1, -0.05) is 28.5 Å². The fourth-order valence-corrected chi connectivity index (χ4v) is 2.66. The molecule has 0 aliphatic carbocycles. The van der Waals surface area contributed by atoms with Gasteiger partial charge in [0.2, 0.25) is 11.8 Å². The second-order valence-electron chi connectivity index (χ2n) is 4.85. The number of halogens is 1. The molecule has 0 bridgehead atoms. The average Bonchev–Trinajstić information content (AvgIpc) is 3.17. The van der Waals surface area contributed by atoms with E-state index >= 15 is 0 Å². The van der Waals surface area contributed by atoms with E-state index in [-0.39, 0.29) is 12.3 Å². The van der Waals surface area contributed by atoms with Crippen LogP contribution in [0.25, 0.3) is 11.5 Å². The Bertz CT molecular complexity index is 831. The van der Waals surface area contributed by atoms with Crippen LogP contribution in [0.15, 0.2) is 44.5 Å². The Morgan fingerprint density at radius 1 is 1.29 bits per heavy atom. The minimum Gasteiger partial charge on any atom is -0.411 e. The molecule has 0 spiro atoms. The highest BCUT2D eigenvalue weighted by Gasteiger charge is 2.11. The zero-order valence-corrected chi connectivity index (χ0v) is 14.2. The molecule has 1 amide bonds. The summed E-state index contributed by atoms with van der Waals surface area (Å²) in [5.41, 5.74) is 0.790. The Labute approximate surface area is 146 Å². The summed E-state index contributed by atoms with van der Waals surface area (Å²) in [6, 6.07) is 8.77. The number of carbonyl (C=O) groups is 1. The Morgan fingerprint density at radius 2 is 2.08 bits per heavy atom. The fraction of sp³-hybridized carbons (Fsp3) is 0.200. The lowest BCUT2D eigenvalue weighted by Gasteiger charge is -1.99. The van der Waals surface area contributed by atoms with E-state index in [0.29, 0.717) is 33.5 Å². The summed E-state index contributed by atoms with van der Waals surface area (Å²) in [4.78, 5) is 11.8. The molecule has 0 radical (unpaired) electrons. The number of aryl methyl sites for hydroxylation is 1. The molecule has 1 N–H and O–H groups in total. The summed E-state index contributed by atoms with van der Waals surface area (Å²) in [5.74, 6) is 1.81. The van der Waals surface area contributed by atoms with Crippen molar-refractivity contribution in [2.24, 2.45) is 0 Å². The van der Waals surface area contributed by atoms with Crippen molar-refractivity contribution in [1.29, 1.82) is 0 Å². The van der Waals surface area contributed by atoms with Gasteiger partial charge in [-0.05, 0) is 31.2 Å². The second kappa shape index (κ2) is 7.50. The van der Waals surface area contributed by atoms with Crippen molar-refractivity contribution in [3.8, 4) is 11.5 Å². The van der Waals surface area contributed by atoms with E-state index in [4.69, 9.17) is 20.5 Å². The summed E-state index contributed by atoms with van der Waals surface area (Å²) in [6.45, 7) is 1.76. The molecular formula is C15H13ClN4O3S. The molecular weight excluding hydrogens is 352 g/mol. The van der Waals surface area contributed by atoms with Crippen LogP contribution >= 0.6 is 23.4 Å². The van der Waals surface area contributed by atoms with Crippen molar-refractivity contribution in [1.82, 2.24) is 15.4 Å². The van der Waals surface area contributed by atoms with Crippen molar-refractivity contribution in [3.05, 3.63) is 41.1 Å². The molecule has 1 aromatic carbocycles. The summed E-state index contributed by atoms with van der Waals surface area (Å²) >= 11 is 7.16. The largest absolute Gasteiger partial charge is 0.411 e. The lowest BCUT2D eigenvalue weighted by atomic mass is 10.2. The lowest BCUT2D eigenvalue weighted by Crippen LogP contribution is -2.12. The van der Waals surface area contributed by atoms with Gasteiger partial charge in [0.1, 0.15) is 5.76 Å². The van der Waals surface area contributed by atoms with E-state index < -0.39 is 0 Å². The standard InChI is InChI=1S/C15H13ClN4O3S/c1-9-8-12(20-23-9)17-13(21)6-7-24-15-19-18-14(22-15)10-2-4-11(16)5-3-10/h2-5,8H,6-7H2,1H3,(H,17,20,21). The van der Waals surface area contributed by atoms with Gasteiger partial charge in [-0.25, -0.2) is 0 Å². The van der Waals surface area contributed by atoms with Gasteiger partial charge in [-0.3, -0.25) is 4.79 Å².